The molecule has 3 heterocycles. The van der Waals surface area contributed by atoms with Gasteiger partial charge in [0.1, 0.15) is 0 Å². The number of urea groups is 1. The molecule has 0 aliphatic carbocycles. The summed E-state index contributed by atoms with van der Waals surface area (Å²) in [7, 11) is 2.04. The Hall–Kier alpha value is -4.89. The van der Waals surface area contributed by atoms with Crippen LogP contribution in [-0.4, -0.2) is 30.8 Å². The normalized spacial score (nSPS) is 18.1. The number of fused-ring (bicyclic) bond motifs is 4. The molecule has 2 unspecified atom stereocenters. The summed E-state index contributed by atoms with van der Waals surface area (Å²) in [5.41, 5.74) is 14.9. The Morgan fingerprint density at radius 3 is 2.67 bits per heavy atom. The second-order valence-corrected chi connectivity index (χ2v) is 13.3. The summed E-state index contributed by atoms with van der Waals surface area (Å²) < 4.78 is 1.88. The summed E-state index contributed by atoms with van der Waals surface area (Å²) in [6.07, 6.45) is 11.8. The molecular formula is C39H46ClN6O3+. The predicted octanol–water partition coefficient (Wildman–Crippen LogP) is 8.41. The number of nitrogens with zero attached hydrogens (tertiary/aromatic N) is 3. The highest BCUT2D eigenvalue weighted by Gasteiger charge is 2.40. The Morgan fingerprint density at radius 2 is 1.94 bits per heavy atom. The van der Waals surface area contributed by atoms with Gasteiger partial charge in [-0.15, -0.1) is 0 Å². The van der Waals surface area contributed by atoms with Crippen LogP contribution in [0.3, 0.4) is 0 Å². The fourth-order valence-electron chi connectivity index (χ4n) is 6.40. The number of carbonyl (C=O) groups is 2. The third-order valence-corrected chi connectivity index (χ3v) is 8.92. The van der Waals surface area contributed by atoms with Crippen LogP contribution < -0.4 is 30.8 Å². The summed E-state index contributed by atoms with van der Waals surface area (Å²) >= 11 is 6.55. The molecule has 2 aliphatic rings. The van der Waals surface area contributed by atoms with E-state index in [0.717, 1.165) is 69.9 Å². The zero-order valence-corrected chi connectivity index (χ0v) is 29.9. The number of anilines is 3. The first kappa shape index (κ1) is 35.4. The fourth-order valence-corrected chi connectivity index (χ4v) is 6.57. The van der Waals surface area contributed by atoms with Gasteiger partial charge in [-0.3, -0.25) is 14.6 Å². The number of allylic oxidation sites excluding steroid dienone is 4. The molecule has 0 radical (unpaired) electrons. The van der Waals surface area contributed by atoms with Gasteiger partial charge >= 0.3 is 6.03 Å². The van der Waals surface area contributed by atoms with Gasteiger partial charge in [-0.2, -0.15) is 0 Å². The molecule has 4 N–H and O–H groups in total. The highest BCUT2D eigenvalue weighted by molar-refractivity contribution is 6.31. The van der Waals surface area contributed by atoms with E-state index in [9.17, 15) is 9.59 Å². The second-order valence-electron chi connectivity index (χ2n) is 12.9. The van der Waals surface area contributed by atoms with Crippen LogP contribution in [0.15, 0.2) is 89.2 Å². The van der Waals surface area contributed by atoms with Crippen LogP contribution in [-0.2, 0) is 4.79 Å². The van der Waals surface area contributed by atoms with Crippen LogP contribution in [0.1, 0.15) is 83.9 Å². The Bertz CT molecular complexity index is 1870. The Balaban J connectivity index is 1.59. The minimum atomic E-state index is -0.678. The fraction of sp³-hybridized carbons (Fsp3) is 0.333. The quantitative estimate of drug-likeness (QED) is 0.179. The minimum Gasteiger partial charge on any atom is -0.351 e. The molecule has 256 valence electrons. The van der Waals surface area contributed by atoms with E-state index in [-0.39, 0.29) is 17.9 Å². The first-order chi connectivity index (χ1) is 23.4. The van der Waals surface area contributed by atoms with Crippen molar-refractivity contribution in [3.8, 4) is 11.1 Å². The van der Waals surface area contributed by atoms with E-state index in [4.69, 9.17) is 27.2 Å². The van der Waals surface area contributed by atoms with Crippen molar-refractivity contribution in [3.05, 3.63) is 101 Å². The minimum absolute atomic E-state index is 0.0358. The Kier molecular flexibility index (Phi) is 11.2. The summed E-state index contributed by atoms with van der Waals surface area (Å²) in [5.74, 6) is -0.129. The largest absolute Gasteiger partial charge is 0.351 e. The van der Waals surface area contributed by atoms with E-state index in [2.05, 4.69) is 59.9 Å². The van der Waals surface area contributed by atoms with Crippen LogP contribution in [0.4, 0.5) is 21.9 Å². The number of amides is 3. The van der Waals surface area contributed by atoms with E-state index in [0.29, 0.717) is 29.2 Å². The number of hydrogen-bond acceptors (Lipinski definition) is 5. The molecule has 0 bridgehead atoms. The van der Waals surface area contributed by atoms with Crippen LogP contribution in [0.2, 0.25) is 5.02 Å². The topological polar surface area (TPSA) is 113 Å². The van der Waals surface area contributed by atoms with E-state index in [1.165, 1.54) is 0 Å². The first-order valence-corrected chi connectivity index (χ1v) is 17.2. The van der Waals surface area contributed by atoms with Crippen molar-refractivity contribution >= 4 is 52.0 Å². The van der Waals surface area contributed by atoms with Gasteiger partial charge in [-0.25, -0.2) is 4.79 Å². The van der Waals surface area contributed by atoms with Crippen LogP contribution in [0, 0.1) is 0 Å². The molecule has 9 nitrogen and oxygen atoms in total. The lowest BCUT2D eigenvalue weighted by atomic mass is 9.87. The number of hydrogen-bond donors (Lipinski definition) is 3. The lowest BCUT2D eigenvalue weighted by Crippen LogP contribution is -2.58. The van der Waals surface area contributed by atoms with Gasteiger partial charge in [0.25, 0.3) is 0 Å². The number of pyridine rings is 1. The second kappa shape index (κ2) is 15.6. The van der Waals surface area contributed by atoms with Gasteiger partial charge in [0.15, 0.2) is 0 Å². The number of rotatable bonds is 6. The van der Waals surface area contributed by atoms with Crippen molar-refractivity contribution in [2.45, 2.75) is 78.7 Å². The van der Waals surface area contributed by atoms with Gasteiger partial charge in [0.05, 0.1) is 28.6 Å². The maximum absolute atomic E-state index is 13.1. The Morgan fingerprint density at radius 1 is 1.14 bits per heavy atom. The number of carbonyl (C=O) groups excluding carboxylic acids is 2. The summed E-state index contributed by atoms with van der Waals surface area (Å²) in [6.45, 7) is 10.2. The highest BCUT2D eigenvalue weighted by Crippen LogP contribution is 2.37. The average Bonchev–Trinajstić information content (AvgIpc) is 3.04. The molecule has 49 heavy (non-hydrogen) atoms. The van der Waals surface area contributed by atoms with Crippen molar-refractivity contribution < 1.29 is 19.2 Å². The first-order valence-electron chi connectivity index (χ1n) is 16.8. The molecule has 2 aliphatic heterocycles. The van der Waals surface area contributed by atoms with Gasteiger partial charge in [-0.05, 0) is 95.0 Å². The van der Waals surface area contributed by atoms with Crippen LogP contribution >= 0.6 is 11.6 Å². The molecular weight excluding hydrogens is 636 g/mol. The number of nitrogens with one attached hydrogen (secondary N) is 2. The van der Waals surface area contributed by atoms with Crippen molar-refractivity contribution in [1.29, 1.82) is 0 Å². The van der Waals surface area contributed by atoms with Gasteiger partial charge in [0, 0.05) is 58.0 Å². The lowest BCUT2D eigenvalue weighted by Gasteiger charge is -2.27. The zero-order chi connectivity index (χ0) is 35.2. The Labute approximate surface area is 294 Å². The molecule has 0 saturated heterocycles. The number of halogens is 1. The SMILES string of the molecule is CC/C=C/C(C)=C\N(C)c1ccc(Cl)cc1-c1ccc2[n+](c1)OC(C)C1=NC(=C(C)C)c3ccc(NC(N)=O)cc3NC(=O)CCCCC12. The maximum Gasteiger partial charge on any atom is 0.316 e. The highest BCUT2D eigenvalue weighted by atomic mass is 35.5. The molecule has 0 spiro atoms. The number of aromatic nitrogens is 1. The summed E-state index contributed by atoms with van der Waals surface area (Å²) in [6, 6.07) is 14.8. The predicted molar refractivity (Wildman–Crippen MR) is 200 cm³/mol. The molecule has 2 atom stereocenters. The third kappa shape index (κ3) is 8.40. The number of benzene rings is 2. The van der Waals surface area contributed by atoms with Gasteiger partial charge in [-0.1, -0.05) is 42.7 Å². The molecule has 10 heteroatoms. The van der Waals surface area contributed by atoms with Crippen molar-refractivity contribution in [2.24, 2.45) is 10.7 Å². The van der Waals surface area contributed by atoms with Crippen molar-refractivity contribution in [2.75, 3.05) is 22.6 Å². The molecule has 3 amide bonds. The number of nitrogens with two attached hydrogens (primary N) is 1. The van der Waals surface area contributed by atoms with E-state index >= 15 is 0 Å². The van der Waals surface area contributed by atoms with E-state index in [1.54, 1.807) is 12.1 Å². The standard InChI is InChI=1S/C39H45ClN6O3/c1-7-8-11-25(4)22-45(6)34-19-15-28(40)20-32(34)27-14-18-35-31-12-9-10-13-36(47)43-33-21-29(42-39(41)48)16-17-30(33)37(24(2)3)44-38(31)26(5)49-46(35)23-27/h8,11,14-23,26,31H,7,9-10,12-13H2,1-6H3,(H3-,41,42,43,47,48)/p+1/b11-8+,25-22-,44-38?. The van der Waals surface area contributed by atoms with Crippen LogP contribution in [0.5, 0.6) is 0 Å². The monoisotopic (exact) mass is 681 g/mol. The van der Waals surface area contributed by atoms with Crippen LogP contribution in [0.25, 0.3) is 16.8 Å². The van der Waals surface area contributed by atoms with E-state index < -0.39 is 6.03 Å². The molecule has 2 aromatic carbocycles. The molecule has 0 fully saturated rings. The lowest BCUT2D eigenvalue weighted by molar-refractivity contribution is -0.903. The van der Waals surface area contributed by atoms with E-state index in [1.807, 2.05) is 63.0 Å². The number of primary amides is 1. The summed E-state index contributed by atoms with van der Waals surface area (Å²) in [4.78, 5) is 38.6. The average molecular weight is 682 g/mol. The molecule has 1 aromatic heterocycles. The summed E-state index contributed by atoms with van der Waals surface area (Å²) in [5, 5.41) is 6.30. The third-order valence-electron chi connectivity index (χ3n) is 8.69. The maximum atomic E-state index is 13.1. The van der Waals surface area contributed by atoms with Gasteiger partial charge in [0.2, 0.25) is 23.9 Å². The molecule has 3 aromatic rings. The molecule has 5 rings (SSSR count). The van der Waals surface area contributed by atoms with Gasteiger partial charge < -0.3 is 21.3 Å². The smallest absolute Gasteiger partial charge is 0.316 e. The number of aliphatic imine (C=N–C) groups is 1. The van der Waals surface area contributed by atoms with Crippen molar-refractivity contribution in [1.82, 2.24) is 0 Å². The molecule has 0 saturated carbocycles. The zero-order valence-electron chi connectivity index (χ0n) is 29.1. The van der Waals surface area contributed by atoms with Crippen molar-refractivity contribution in [3.63, 3.8) is 0 Å².